The summed E-state index contributed by atoms with van der Waals surface area (Å²) in [6.45, 7) is 2.72. The van der Waals surface area contributed by atoms with E-state index in [9.17, 15) is 13.9 Å². The van der Waals surface area contributed by atoms with Crippen molar-refractivity contribution in [1.29, 1.82) is 0 Å². The fourth-order valence-corrected chi connectivity index (χ4v) is 3.88. The maximum atomic E-state index is 11.2. The fraction of sp³-hybridized carbons (Fsp3) is 0.462. The molecule has 1 saturated heterocycles. The van der Waals surface area contributed by atoms with Crippen molar-refractivity contribution in [2.75, 3.05) is 23.2 Å². The van der Waals surface area contributed by atoms with E-state index in [0.29, 0.717) is 30.3 Å². The molecule has 3 N–H and O–H groups in total. The van der Waals surface area contributed by atoms with Crippen LogP contribution in [0.3, 0.4) is 0 Å². The molecule has 1 fully saturated rings. The van der Waals surface area contributed by atoms with E-state index in [1.807, 2.05) is 6.92 Å². The molecule has 0 bridgehead atoms. The number of ether oxygens (including phenoxy) is 1. The third kappa shape index (κ3) is 3.17. The van der Waals surface area contributed by atoms with E-state index in [0.717, 1.165) is 12.8 Å². The molecule has 1 aromatic rings. The minimum absolute atomic E-state index is 0.0757. The van der Waals surface area contributed by atoms with Gasteiger partial charge in [-0.25, -0.2) is 4.79 Å². The zero-order valence-electron chi connectivity index (χ0n) is 11.3. The molecule has 112 valence electrons. The van der Waals surface area contributed by atoms with Crippen LogP contribution in [0.15, 0.2) is 18.2 Å². The molecular formula is C13H19NO5S. The topological polar surface area (TPSA) is 90.2 Å². The highest BCUT2D eigenvalue weighted by molar-refractivity contribution is 8.25. The number of carboxylic acid groups (broad SMARTS) is 1. The first kappa shape index (κ1) is 15.0. The molecule has 2 rings (SSSR count). The Morgan fingerprint density at radius 3 is 2.70 bits per heavy atom. The number of benzene rings is 1. The van der Waals surface area contributed by atoms with Crippen LogP contribution in [0.5, 0.6) is 5.75 Å². The van der Waals surface area contributed by atoms with Gasteiger partial charge in [-0.1, -0.05) is 0 Å². The van der Waals surface area contributed by atoms with E-state index in [2.05, 4.69) is 0 Å². The fourth-order valence-electron chi connectivity index (χ4n) is 2.21. The maximum Gasteiger partial charge on any atom is 0.335 e. The van der Waals surface area contributed by atoms with Crippen LogP contribution in [0.4, 0.5) is 5.69 Å². The molecule has 0 spiro atoms. The number of anilines is 1. The summed E-state index contributed by atoms with van der Waals surface area (Å²) in [4.78, 5) is 11.2. The minimum atomic E-state index is -2.87. The van der Waals surface area contributed by atoms with Gasteiger partial charge in [0.15, 0.2) is 0 Å². The van der Waals surface area contributed by atoms with E-state index in [1.54, 1.807) is 6.07 Å². The molecular weight excluding hydrogens is 282 g/mol. The molecule has 0 unspecified atom stereocenters. The molecule has 0 amide bonds. The number of hydrogen-bond acceptors (Lipinski definition) is 5. The maximum absolute atomic E-state index is 11.2. The van der Waals surface area contributed by atoms with Crippen LogP contribution in [0, 0.1) is 0 Å². The standard InChI is InChI=1S/C13H19NO5S/c1-2-19-12-8-10(13(15)16)7-11(9-12)14-5-3-4-6-20(14,17)18/h7-9,17-18H,2-6H2,1H3,(H,15,16). The van der Waals surface area contributed by atoms with Crippen LogP contribution in [-0.4, -0.2) is 39.1 Å². The lowest BCUT2D eigenvalue weighted by atomic mass is 10.2. The Morgan fingerprint density at radius 2 is 2.10 bits per heavy atom. The van der Waals surface area contributed by atoms with Gasteiger partial charge >= 0.3 is 5.97 Å². The zero-order chi connectivity index (χ0) is 14.8. The smallest absolute Gasteiger partial charge is 0.335 e. The first-order valence-corrected chi connectivity index (χ1v) is 8.16. The number of rotatable bonds is 4. The Balaban J connectivity index is 2.41. The highest BCUT2D eigenvalue weighted by Gasteiger charge is 2.27. The van der Waals surface area contributed by atoms with Crippen LogP contribution in [-0.2, 0) is 0 Å². The SMILES string of the molecule is CCOc1cc(C(=O)O)cc(N2CCCCS2(O)O)c1. The van der Waals surface area contributed by atoms with Gasteiger partial charge in [-0.15, -0.1) is 10.8 Å². The molecule has 0 radical (unpaired) electrons. The van der Waals surface area contributed by atoms with Gasteiger partial charge in [0.25, 0.3) is 0 Å². The summed E-state index contributed by atoms with van der Waals surface area (Å²) in [5.41, 5.74) is 0.555. The molecule has 1 heterocycles. The number of hydrogen-bond donors (Lipinski definition) is 3. The average molecular weight is 301 g/mol. The van der Waals surface area contributed by atoms with Crippen molar-refractivity contribution in [3.8, 4) is 5.75 Å². The van der Waals surface area contributed by atoms with Gasteiger partial charge in [0.2, 0.25) is 0 Å². The highest BCUT2D eigenvalue weighted by Crippen LogP contribution is 2.50. The van der Waals surface area contributed by atoms with Crippen LogP contribution in [0.2, 0.25) is 0 Å². The summed E-state index contributed by atoms with van der Waals surface area (Å²) in [7, 11) is -2.87. The molecule has 1 aromatic carbocycles. The molecule has 0 aliphatic carbocycles. The molecule has 7 heteroatoms. The quantitative estimate of drug-likeness (QED) is 0.792. The number of carbonyl (C=O) groups is 1. The minimum Gasteiger partial charge on any atom is -0.494 e. The number of aromatic carboxylic acids is 1. The molecule has 6 nitrogen and oxygen atoms in total. The Labute approximate surface area is 119 Å². The van der Waals surface area contributed by atoms with Gasteiger partial charge in [0.05, 0.1) is 23.6 Å². The highest BCUT2D eigenvalue weighted by atomic mass is 32.3. The van der Waals surface area contributed by atoms with E-state index in [4.69, 9.17) is 9.84 Å². The van der Waals surface area contributed by atoms with Crippen molar-refractivity contribution >= 4 is 22.4 Å². The van der Waals surface area contributed by atoms with Crippen molar-refractivity contribution in [3.05, 3.63) is 23.8 Å². The van der Waals surface area contributed by atoms with Crippen molar-refractivity contribution in [3.63, 3.8) is 0 Å². The van der Waals surface area contributed by atoms with Crippen LogP contribution in [0.1, 0.15) is 30.1 Å². The lowest BCUT2D eigenvalue weighted by Crippen LogP contribution is -2.34. The monoisotopic (exact) mass is 301 g/mol. The summed E-state index contributed by atoms with van der Waals surface area (Å²) in [5.74, 6) is -0.335. The molecule has 0 saturated carbocycles. The Morgan fingerprint density at radius 1 is 1.35 bits per heavy atom. The first-order valence-electron chi connectivity index (χ1n) is 6.49. The molecule has 0 aromatic heterocycles. The molecule has 20 heavy (non-hydrogen) atoms. The van der Waals surface area contributed by atoms with Crippen molar-refractivity contribution in [2.45, 2.75) is 19.8 Å². The molecule has 1 aliphatic rings. The number of nitrogens with zero attached hydrogens (tertiary/aromatic N) is 1. The lowest BCUT2D eigenvalue weighted by molar-refractivity contribution is 0.0696. The summed E-state index contributed by atoms with van der Waals surface area (Å²) in [6, 6.07) is 4.53. The van der Waals surface area contributed by atoms with Gasteiger partial charge in [0.1, 0.15) is 5.75 Å². The van der Waals surface area contributed by atoms with Crippen LogP contribution < -0.4 is 9.04 Å². The predicted molar refractivity (Wildman–Crippen MR) is 78.9 cm³/mol. The largest absolute Gasteiger partial charge is 0.494 e. The van der Waals surface area contributed by atoms with Gasteiger partial charge in [-0.05, 0) is 31.9 Å². The third-order valence-electron chi connectivity index (χ3n) is 3.12. The van der Waals surface area contributed by atoms with Gasteiger partial charge in [-0.2, -0.15) is 0 Å². The lowest BCUT2D eigenvalue weighted by Gasteiger charge is -2.47. The summed E-state index contributed by atoms with van der Waals surface area (Å²) in [6.07, 6.45) is 1.60. The second kappa shape index (κ2) is 5.90. The summed E-state index contributed by atoms with van der Waals surface area (Å²) >= 11 is 0. The average Bonchev–Trinajstić information content (AvgIpc) is 2.38. The number of carboxylic acids is 1. The van der Waals surface area contributed by atoms with Crippen molar-refractivity contribution in [1.82, 2.24) is 0 Å². The Bertz CT molecular complexity index is 506. The van der Waals surface area contributed by atoms with E-state index in [-0.39, 0.29) is 5.56 Å². The molecule has 0 atom stereocenters. The van der Waals surface area contributed by atoms with E-state index in [1.165, 1.54) is 16.4 Å². The van der Waals surface area contributed by atoms with E-state index < -0.39 is 16.7 Å². The van der Waals surface area contributed by atoms with Gasteiger partial charge in [0, 0.05) is 12.6 Å². The predicted octanol–water partition coefficient (Wildman–Crippen LogP) is 3.05. The Kier molecular flexibility index (Phi) is 4.42. The van der Waals surface area contributed by atoms with Gasteiger partial charge in [-0.3, -0.25) is 13.4 Å². The molecule has 1 aliphatic heterocycles. The second-order valence-corrected chi connectivity index (χ2v) is 6.71. The van der Waals surface area contributed by atoms with Crippen LogP contribution >= 0.6 is 10.8 Å². The Hall–Kier alpha value is -1.44. The second-order valence-electron chi connectivity index (χ2n) is 4.60. The van der Waals surface area contributed by atoms with Crippen molar-refractivity contribution < 1.29 is 23.7 Å². The third-order valence-corrected chi connectivity index (χ3v) is 5.06. The van der Waals surface area contributed by atoms with Crippen LogP contribution in [0.25, 0.3) is 0 Å². The summed E-state index contributed by atoms with van der Waals surface area (Å²) < 4.78 is 27.1. The summed E-state index contributed by atoms with van der Waals surface area (Å²) in [5, 5.41) is 9.14. The van der Waals surface area contributed by atoms with E-state index >= 15 is 0 Å². The van der Waals surface area contributed by atoms with Gasteiger partial charge < -0.3 is 9.84 Å². The zero-order valence-corrected chi connectivity index (χ0v) is 12.1. The normalized spacial score (nSPS) is 19.4. The van der Waals surface area contributed by atoms with Crippen molar-refractivity contribution in [2.24, 2.45) is 0 Å². The first-order chi connectivity index (χ1) is 9.44.